The molecule has 2 fully saturated rings. The maximum atomic E-state index is 4.26. The average Bonchev–Trinajstić information content (AvgIpc) is 3.10. The van der Waals surface area contributed by atoms with Gasteiger partial charge in [0.05, 0.1) is 6.54 Å². The molecule has 1 unspecified atom stereocenters. The standard InChI is InChI=1S/C14H24N4.ClH/c1-3-14(15-6-1)13-4-9-17(10-5-13)11-12-18-8-2-7-16-18;/h2,7-8,13-15H,1,3-6,9-12H2;1H. The van der Waals surface area contributed by atoms with Gasteiger partial charge in [-0.3, -0.25) is 4.68 Å². The molecule has 1 aromatic heterocycles. The number of likely N-dealkylation sites (tertiary alicyclic amines) is 1. The van der Waals surface area contributed by atoms with E-state index in [2.05, 4.69) is 21.5 Å². The molecule has 0 radical (unpaired) electrons. The number of nitrogens with zero attached hydrogens (tertiary/aromatic N) is 3. The van der Waals surface area contributed by atoms with E-state index in [1.807, 2.05) is 16.9 Å². The fraction of sp³-hybridized carbons (Fsp3) is 0.786. The zero-order chi connectivity index (χ0) is 12.2. The van der Waals surface area contributed by atoms with Gasteiger partial charge in [-0.05, 0) is 57.3 Å². The summed E-state index contributed by atoms with van der Waals surface area (Å²) in [5.74, 6) is 0.924. The van der Waals surface area contributed by atoms with Crippen LogP contribution in [0.25, 0.3) is 0 Å². The Morgan fingerprint density at radius 2 is 2.00 bits per heavy atom. The van der Waals surface area contributed by atoms with E-state index < -0.39 is 0 Å². The summed E-state index contributed by atoms with van der Waals surface area (Å²) < 4.78 is 2.03. The molecule has 0 aliphatic carbocycles. The molecule has 5 heteroatoms. The van der Waals surface area contributed by atoms with Crippen molar-refractivity contribution in [3.63, 3.8) is 0 Å². The molecule has 0 amide bonds. The fourth-order valence-corrected chi connectivity index (χ4v) is 3.37. The molecule has 3 rings (SSSR count). The predicted molar refractivity (Wildman–Crippen MR) is 79.7 cm³/mol. The second kappa shape index (κ2) is 7.27. The minimum Gasteiger partial charge on any atom is -0.314 e. The zero-order valence-electron chi connectivity index (χ0n) is 11.5. The first-order valence-electron chi connectivity index (χ1n) is 7.35. The molecule has 3 heterocycles. The molecule has 0 aromatic carbocycles. The van der Waals surface area contributed by atoms with Gasteiger partial charge in [0.25, 0.3) is 0 Å². The van der Waals surface area contributed by atoms with Gasteiger partial charge in [0.1, 0.15) is 0 Å². The van der Waals surface area contributed by atoms with Crippen LogP contribution in [0.5, 0.6) is 0 Å². The third-order valence-electron chi connectivity index (χ3n) is 4.50. The summed E-state index contributed by atoms with van der Waals surface area (Å²) in [6.07, 6.45) is 9.43. The van der Waals surface area contributed by atoms with Crippen molar-refractivity contribution in [1.82, 2.24) is 20.0 Å². The van der Waals surface area contributed by atoms with Gasteiger partial charge in [0.2, 0.25) is 0 Å². The molecule has 1 atom stereocenters. The number of piperidine rings is 1. The van der Waals surface area contributed by atoms with Crippen molar-refractivity contribution < 1.29 is 0 Å². The molecule has 108 valence electrons. The van der Waals surface area contributed by atoms with Crippen LogP contribution in [-0.2, 0) is 6.54 Å². The van der Waals surface area contributed by atoms with Crippen LogP contribution >= 0.6 is 12.4 Å². The summed E-state index contributed by atoms with van der Waals surface area (Å²) in [5, 5.41) is 7.92. The van der Waals surface area contributed by atoms with Crippen molar-refractivity contribution in [2.75, 3.05) is 26.2 Å². The van der Waals surface area contributed by atoms with E-state index in [1.54, 1.807) is 0 Å². The Labute approximate surface area is 122 Å². The van der Waals surface area contributed by atoms with E-state index in [1.165, 1.54) is 45.3 Å². The molecule has 1 aromatic rings. The molecule has 2 aliphatic rings. The Morgan fingerprint density at radius 3 is 2.63 bits per heavy atom. The normalized spacial score (nSPS) is 25.4. The number of rotatable bonds is 4. The molecule has 19 heavy (non-hydrogen) atoms. The first kappa shape index (κ1) is 14.8. The fourth-order valence-electron chi connectivity index (χ4n) is 3.37. The van der Waals surface area contributed by atoms with Crippen molar-refractivity contribution in [2.24, 2.45) is 5.92 Å². The summed E-state index contributed by atoms with van der Waals surface area (Å²) in [6, 6.07) is 2.82. The van der Waals surface area contributed by atoms with E-state index >= 15 is 0 Å². The second-order valence-electron chi connectivity index (χ2n) is 5.65. The lowest BCUT2D eigenvalue weighted by molar-refractivity contribution is 0.158. The molecule has 2 saturated heterocycles. The van der Waals surface area contributed by atoms with Crippen molar-refractivity contribution in [3.05, 3.63) is 18.5 Å². The van der Waals surface area contributed by atoms with Gasteiger partial charge in [-0.2, -0.15) is 5.10 Å². The maximum Gasteiger partial charge on any atom is 0.0536 e. The third kappa shape index (κ3) is 3.94. The van der Waals surface area contributed by atoms with Gasteiger partial charge in [0, 0.05) is 25.0 Å². The number of aromatic nitrogens is 2. The highest BCUT2D eigenvalue weighted by atomic mass is 35.5. The van der Waals surface area contributed by atoms with Crippen molar-refractivity contribution in [2.45, 2.75) is 38.3 Å². The molecule has 1 N–H and O–H groups in total. The van der Waals surface area contributed by atoms with Crippen LogP contribution in [0.3, 0.4) is 0 Å². The zero-order valence-corrected chi connectivity index (χ0v) is 12.3. The van der Waals surface area contributed by atoms with Gasteiger partial charge in [0.15, 0.2) is 0 Å². The summed E-state index contributed by atoms with van der Waals surface area (Å²) >= 11 is 0. The highest BCUT2D eigenvalue weighted by Crippen LogP contribution is 2.25. The quantitative estimate of drug-likeness (QED) is 0.915. The summed E-state index contributed by atoms with van der Waals surface area (Å²) in [4.78, 5) is 2.59. The van der Waals surface area contributed by atoms with Crippen LogP contribution in [0.15, 0.2) is 18.5 Å². The van der Waals surface area contributed by atoms with Crippen molar-refractivity contribution >= 4 is 12.4 Å². The Morgan fingerprint density at radius 1 is 1.16 bits per heavy atom. The number of hydrogen-bond acceptors (Lipinski definition) is 3. The topological polar surface area (TPSA) is 33.1 Å². The Hall–Kier alpha value is -0.580. The second-order valence-corrected chi connectivity index (χ2v) is 5.65. The van der Waals surface area contributed by atoms with Gasteiger partial charge in [-0.25, -0.2) is 0 Å². The van der Waals surface area contributed by atoms with Gasteiger partial charge in [-0.15, -0.1) is 12.4 Å². The van der Waals surface area contributed by atoms with E-state index in [0.29, 0.717) is 0 Å². The molecule has 4 nitrogen and oxygen atoms in total. The number of nitrogens with one attached hydrogen (secondary N) is 1. The molecule has 0 bridgehead atoms. The van der Waals surface area contributed by atoms with E-state index in [-0.39, 0.29) is 12.4 Å². The average molecular weight is 285 g/mol. The van der Waals surface area contributed by atoms with Crippen molar-refractivity contribution in [3.8, 4) is 0 Å². The minimum atomic E-state index is 0. The summed E-state index contributed by atoms with van der Waals surface area (Å²) in [7, 11) is 0. The van der Waals surface area contributed by atoms with Crippen LogP contribution in [0, 0.1) is 5.92 Å². The number of hydrogen-bond donors (Lipinski definition) is 1. The van der Waals surface area contributed by atoms with Crippen LogP contribution in [0.1, 0.15) is 25.7 Å². The summed E-state index contributed by atoms with van der Waals surface area (Å²) in [6.45, 7) is 5.95. The van der Waals surface area contributed by atoms with Crippen LogP contribution < -0.4 is 5.32 Å². The Balaban J connectivity index is 0.00000133. The van der Waals surface area contributed by atoms with Gasteiger partial charge < -0.3 is 10.2 Å². The lowest BCUT2D eigenvalue weighted by atomic mass is 9.88. The largest absolute Gasteiger partial charge is 0.314 e. The summed E-state index contributed by atoms with van der Waals surface area (Å²) in [5.41, 5.74) is 0. The van der Waals surface area contributed by atoms with E-state index in [4.69, 9.17) is 0 Å². The van der Waals surface area contributed by atoms with Gasteiger partial charge >= 0.3 is 0 Å². The Bertz CT molecular complexity index is 340. The molecule has 0 spiro atoms. The SMILES string of the molecule is Cl.c1cnn(CCN2CCC(C3CCCN3)CC2)c1. The smallest absolute Gasteiger partial charge is 0.0536 e. The van der Waals surface area contributed by atoms with E-state index in [9.17, 15) is 0 Å². The highest BCUT2D eigenvalue weighted by Gasteiger charge is 2.27. The maximum absolute atomic E-state index is 4.26. The highest BCUT2D eigenvalue weighted by molar-refractivity contribution is 5.85. The van der Waals surface area contributed by atoms with E-state index in [0.717, 1.165) is 25.0 Å². The minimum absolute atomic E-state index is 0. The van der Waals surface area contributed by atoms with Gasteiger partial charge in [-0.1, -0.05) is 0 Å². The molecule has 2 aliphatic heterocycles. The third-order valence-corrected chi connectivity index (χ3v) is 4.50. The molecule has 0 saturated carbocycles. The van der Waals surface area contributed by atoms with Crippen molar-refractivity contribution in [1.29, 1.82) is 0 Å². The Kier molecular flexibility index (Phi) is 5.67. The van der Waals surface area contributed by atoms with Crippen LogP contribution in [0.4, 0.5) is 0 Å². The van der Waals surface area contributed by atoms with Crippen LogP contribution in [-0.4, -0.2) is 46.9 Å². The van der Waals surface area contributed by atoms with Crippen LogP contribution in [0.2, 0.25) is 0 Å². The molecular formula is C14H25ClN4. The number of halogens is 1. The molecular weight excluding hydrogens is 260 g/mol. The predicted octanol–water partition coefficient (Wildman–Crippen LogP) is 1.77. The lowest BCUT2D eigenvalue weighted by Gasteiger charge is -2.34. The lowest BCUT2D eigenvalue weighted by Crippen LogP contribution is -2.41. The first-order valence-corrected chi connectivity index (χ1v) is 7.35. The monoisotopic (exact) mass is 284 g/mol. The first-order chi connectivity index (χ1) is 8.92.